The van der Waals surface area contributed by atoms with Crippen molar-refractivity contribution in [2.45, 2.75) is 52.1 Å². The molecule has 130 valence electrons. The van der Waals surface area contributed by atoms with E-state index in [1.807, 2.05) is 0 Å². The van der Waals surface area contributed by atoms with E-state index < -0.39 is 0 Å². The van der Waals surface area contributed by atoms with Gasteiger partial charge in [0.2, 0.25) is 0 Å². The number of piperidine rings is 1. The molecule has 3 heteroatoms. The summed E-state index contributed by atoms with van der Waals surface area (Å²) in [6, 6.07) is 12.2. The second-order valence-corrected chi connectivity index (χ2v) is 6.67. The zero-order valence-electron chi connectivity index (χ0n) is 15.3. The van der Waals surface area contributed by atoms with E-state index in [1.54, 1.807) is 0 Å². The summed E-state index contributed by atoms with van der Waals surface area (Å²) in [5.74, 6) is 0. The smallest absolute Gasteiger partial charge is 0.0472 e. The molecule has 2 rings (SSSR count). The highest BCUT2D eigenvalue weighted by molar-refractivity contribution is 5.19. The van der Waals surface area contributed by atoms with Crippen molar-refractivity contribution in [3.63, 3.8) is 0 Å². The molecule has 1 atom stereocenters. The van der Waals surface area contributed by atoms with Crippen molar-refractivity contribution in [1.82, 2.24) is 15.1 Å². The van der Waals surface area contributed by atoms with Crippen molar-refractivity contribution in [1.29, 1.82) is 0 Å². The lowest BCUT2D eigenvalue weighted by molar-refractivity contribution is 0.175. The summed E-state index contributed by atoms with van der Waals surface area (Å²) in [7, 11) is 0. The summed E-state index contributed by atoms with van der Waals surface area (Å²) in [4.78, 5) is 5.17. The molecule has 1 aliphatic heterocycles. The standard InChI is InChI=1S/C20H35N3/c1-4-14-22-15-12-19(13-16-22)21-17-20(23(5-2)6-3)18-10-8-7-9-11-18/h7-11,19-21H,4-6,12-17H2,1-3H3. The zero-order valence-corrected chi connectivity index (χ0v) is 15.3. The minimum atomic E-state index is 0.486. The predicted molar refractivity (Wildman–Crippen MR) is 99.9 cm³/mol. The van der Waals surface area contributed by atoms with Crippen LogP contribution in [0.25, 0.3) is 0 Å². The maximum atomic E-state index is 3.86. The Hall–Kier alpha value is -0.900. The SMILES string of the molecule is CCCN1CCC(NCC(c2ccccc2)N(CC)CC)CC1. The molecule has 0 aliphatic carbocycles. The summed E-state index contributed by atoms with van der Waals surface area (Å²) in [6.07, 6.45) is 3.86. The molecule has 1 fully saturated rings. The third kappa shape index (κ3) is 5.59. The molecular formula is C20H35N3. The van der Waals surface area contributed by atoms with Gasteiger partial charge < -0.3 is 10.2 Å². The Labute approximate surface area is 143 Å². The van der Waals surface area contributed by atoms with E-state index in [0.717, 1.165) is 19.6 Å². The van der Waals surface area contributed by atoms with E-state index in [1.165, 1.54) is 44.5 Å². The molecule has 0 spiro atoms. The molecule has 1 aromatic rings. The van der Waals surface area contributed by atoms with E-state index >= 15 is 0 Å². The molecule has 0 radical (unpaired) electrons. The molecule has 1 N–H and O–H groups in total. The summed E-state index contributed by atoms with van der Waals surface area (Å²) < 4.78 is 0. The van der Waals surface area contributed by atoms with E-state index in [9.17, 15) is 0 Å². The van der Waals surface area contributed by atoms with Gasteiger partial charge in [-0.3, -0.25) is 4.90 Å². The molecule has 0 aromatic heterocycles. The number of nitrogens with zero attached hydrogens (tertiary/aromatic N) is 2. The molecule has 1 aliphatic rings. The Morgan fingerprint density at radius 1 is 1.09 bits per heavy atom. The third-order valence-corrected chi connectivity index (χ3v) is 5.16. The van der Waals surface area contributed by atoms with Crippen LogP contribution in [-0.2, 0) is 0 Å². The van der Waals surface area contributed by atoms with Gasteiger partial charge in [-0.2, -0.15) is 0 Å². The first-order valence-electron chi connectivity index (χ1n) is 9.53. The van der Waals surface area contributed by atoms with Crippen LogP contribution in [0.3, 0.4) is 0 Å². The van der Waals surface area contributed by atoms with Gasteiger partial charge in [0.15, 0.2) is 0 Å². The first kappa shape index (κ1) is 18.4. The third-order valence-electron chi connectivity index (χ3n) is 5.16. The number of rotatable bonds is 9. The van der Waals surface area contributed by atoms with Gasteiger partial charge in [0, 0.05) is 18.6 Å². The van der Waals surface area contributed by atoms with Gasteiger partial charge in [-0.05, 0) is 57.5 Å². The van der Waals surface area contributed by atoms with Crippen LogP contribution in [0, 0.1) is 0 Å². The summed E-state index contributed by atoms with van der Waals surface area (Å²) in [5.41, 5.74) is 1.44. The highest BCUT2D eigenvalue weighted by Crippen LogP contribution is 2.20. The van der Waals surface area contributed by atoms with E-state index in [-0.39, 0.29) is 0 Å². The first-order valence-corrected chi connectivity index (χ1v) is 9.53. The van der Waals surface area contributed by atoms with E-state index in [2.05, 4.69) is 66.2 Å². The Bertz CT molecular complexity index is 408. The van der Waals surface area contributed by atoms with Gasteiger partial charge in [0.1, 0.15) is 0 Å². The van der Waals surface area contributed by atoms with Gasteiger partial charge in [-0.1, -0.05) is 51.1 Å². The number of hydrogen-bond donors (Lipinski definition) is 1. The Kier molecular flexibility index (Phi) is 8.07. The largest absolute Gasteiger partial charge is 0.312 e. The van der Waals surface area contributed by atoms with Gasteiger partial charge in [-0.25, -0.2) is 0 Å². The fourth-order valence-corrected chi connectivity index (χ4v) is 3.75. The van der Waals surface area contributed by atoms with Gasteiger partial charge >= 0.3 is 0 Å². The monoisotopic (exact) mass is 317 g/mol. The van der Waals surface area contributed by atoms with Crippen LogP contribution in [0.2, 0.25) is 0 Å². The molecule has 3 nitrogen and oxygen atoms in total. The maximum absolute atomic E-state index is 3.86. The molecule has 0 bridgehead atoms. The van der Waals surface area contributed by atoms with Crippen LogP contribution in [0.15, 0.2) is 30.3 Å². The fraction of sp³-hybridized carbons (Fsp3) is 0.700. The number of hydrogen-bond acceptors (Lipinski definition) is 3. The molecular weight excluding hydrogens is 282 g/mol. The van der Waals surface area contributed by atoms with Gasteiger partial charge in [-0.15, -0.1) is 0 Å². The van der Waals surface area contributed by atoms with Crippen molar-refractivity contribution in [3.05, 3.63) is 35.9 Å². The normalized spacial score (nSPS) is 18.4. The van der Waals surface area contributed by atoms with Crippen molar-refractivity contribution in [2.75, 3.05) is 39.3 Å². The highest BCUT2D eigenvalue weighted by atomic mass is 15.2. The summed E-state index contributed by atoms with van der Waals surface area (Å²) in [5, 5.41) is 3.86. The highest BCUT2D eigenvalue weighted by Gasteiger charge is 2.22. The van der Waals surface area contributed by atoms with Crippen molar-refractivity contribution in [2.24, 2.45) is 0 Å². The van der Waals surface area contributed by atoms with Crippen LogP contribution >= 0.6 is 0 Å². The van der Waals surface area contributed by atoms with Crippen LogP contribution in [0.4, 0.5) is 0 Å². The Morgan fingerprint density at radius 2 is 1.74 bits per heavy atom. The minimum absolute atomic E-state index is 0.486. The minimum Gasteiger partial charge on any atom is -0.312 e. The van der Waals surface area contributed by atoms with Crippen molar-refractivity contribution in [3.8, 4) is 0 Å². The fourth-order valence-electron chi connectivity index (χ4n) is 3.75. The maximum Gasteiger partial charge on any atom is 0.0472 e. The molecule has 1 heterocycles. The van der Waals surface area contributed by atoms with Crippen molar-refractivity contribution >= 4 is 0 Å². The lowest BCUT2D eigenvalue weighted by Gasteiger charge is -2.35. The van der Waals surface area contributed by atoms with Crippen LogP contribution in [0.5, 0.6) is 0 Å². The first-order chi connectivity index (χ1) is 11.3. The number of nitrogens with one attached hydrogen (secondary N) is 1. The molecule has 1 saturated heterocycles. The van der Waals surface area contributed by atoms with Gasteiger partial charge in [0.05, 0.1) is 0 Å². The Morgan fingerprint density at radius 3 is 2.30 bits per heavy atom. The molecule has 1 aromatic carbocycles. The second kappa shape index (κ2) is 10.1. The lowest BCUT2D eigenvalue weighted by Crippen LogP contribution is -2.45. The van der Waals surface area contributed by atoms with Crippen LogP contribution in [0.1, 0.15) is 51.6 Å². The molecule has 0 saturated carbocycles. The topological polar surface area (TPSA) is 18.5 Å². The van der Waals surface area contributed by atoms with Crippen molar-refractivity contribution < 1.29 is 0 Å². The number of likely N-dealkylation sites (tertiary alicyclic amines) is 1. The molecule has 1 unspecified atom stereocenters. The average Bonchev–Trinajstić information content (AvgIpc) is 2.61. The average molecular weight is 318 g/mol. The lowest BCUT2D eigenvalue weighted by atomic mass is 10.0. The van der Waals surface area contributed by atoms with Crippen LogP contribution < -0.4 is 5.32 Å². The quantitative estimate of drug-likeness (QED) is 0.751. The zero-order chi connectivity index (χ0) is 16.5. The van der Waals surface area contributed by atoms with Crippen LogP contribution in [-0.4, -0.2) is 55.1 Å². The second-order valence-electron chi connectivity index (χ2n) is 6.67. The summed E-state index contributed by atoms with van der Waals surface area (Å²) in [6.45, 7) is 13.9. The predicted octanol–water partition coefficient (Wildman–Crippen LogP) is 3.53. The van der Waals surface area contributed by atoms with Gasteiger partial charge in [0.25, 0.3) is 0 Å². The Balaban J connectivity index is 1.89. The summed E-state index contributed by atoms with van der Waals surface area (Å²) >= 11 is 0. The number of benzene rings is 1. The number of likely N-dealkylation sites (N-methyl/N-ethyl adjacent to an activating group) is 1. The molecule has 23 heavy (non-hydrogen) atoms. The van der Waals surface area contributed by atoms with E-state index in [0.29, 0.717) is 12.1 Å². The van der Waals surface area contributed by atoms with E-state index in [4.69, 9.17) is 0 Å². The molecule has 0 amide bonds.